The third-order valence-electron chi connectivity index (χ3n) is 23.6. The Hall–Kier alpha value is -14.6. The van der Waals surface area contributed by atoms with Crippen molar-refractivity contribution in [3.63, 3.8) is 0 Å². The highest BCUT2D eigenvalue weighted by atomic mass is 32.1. The van der Waals surface area contributed by atoms with Crippen LogP contribution >= 0.6 is 11.3 Å². The molecule has 0 amide bonds. The number of nitrogens with zero attached hydrogens (tertiary/aromatic N) is 6. The predicted molar refractivity (Wildman–Crippen MR) is 457 cm³/mol. The molecule has 9 nitrogen and oxygen atoms in total. The lowest BCUT2D eigenvalue weighted by Gasteiger charge is -2.15. The molecule has 0 atom stereocenters. The van der Waals surface area contributed by atoms with Crippen LogP contribution in [0.4, 0.5) is 0 Å². The lowest BCUT2D eigenvalue weighted by molar-refractivity contribution is 0.654. The summed E-state index contributed by atoms with van der Waals surface area (Å²) in [6.45, 7) is 0. The number of benzene rings is 18. The second kappa shape index (κ2) is 21.6. The van der Waals surface area contributed by atoms with Crippen molar-refractivity contribution in [2.24, 2.45) is 0 Å². The molecule has 0 aliphatic rings. The molecule has 8 aromatic heterocycles. The Kier molecular flexibility index (Phi) is 11.5. The van der Waals surface area contributed by atoms with Gasteiger partial charge in [0.25, 0.3) is 0 Å². The summed E-state index contributed by atoms with van der Waals surface area (Å²) >= 11 is 1.68. The molecule has 0 saturated carbocycles. The van der Waals surface area contributed by atoms with Crippen LogP contribution in [0.1, 0.15) is 0 Å². The van der Waals surface area contributed by atoms with Crippen LogP contribution in [0.5, 0.6) is 0 Å². The van der Waals surface area contributed by atoms with Crippen LogP contribution in [-0.2, 0) is 0 Å². The van der Waals surface area contributed by atoms with E-state index in [0.717, 1.165) is 201 Å². The van der Waals surface area contributed by atoms with Crippen LogP contribution in [0.25, 0.3) is 262 Å². The molecule has 0 spiro atoms. The number of hydrogen-bond acceptors (Lipinski definition) is 8. The zero-order valence-electron chi connectivity index (χ0n) is 58.3. The monoisotopic (exact) mass is 1420 g/mol. The van der Waals surface area contributed by atoms with E-state index < -0.39 is 0 Å². The van der Waals surface area contributed by atoms with Gasteiger partial charge < -0.3 is 13.3 Å². The minimum atomic E-state index is 0.433. The van der Waals surface area contributed by atoms with Crippen molar-refractivity contribution < 1.29 is 13.3 Å². The Morgan fingerprint density at radius 3 is 1.25 bits per heavy atom. The molecule has 18 aromatic carbocycles. The van der Waals surface area contributed by atoms with Crippen molar-refractivity contribution in [2.75, 3.05) is 0 Å². The van der Waals surface area contributed by atoms with Gasteiger partial charge in [-0.2, -0.15) is 0 Å². The molecule has 0 N–H and O–H groups in total. The van der Waals surface area contributed by atoms with Gasteiger partial charge in [0.15, 0.2) is 11.6 Å². The highest BCUT2D eigenvalue weighted by Crippen LogP contribution is 2.51. The fourth-order valence-corrected chi connectivity index (χ4v) is 19.8. The SMILES string of the molecule is c1ccc2cc3c(cc2c1)c1c2c4ccccc4c4ccccc4c2ccc1n3-c1nc2c(nc1-c1ccc3c(c1)oc1ccccc13)oc1c(-c3ccc4c(c3)c3ccccc3c3ccc5c(c6cc7ccccc7cc6n5-c5nc6c(nc5-c5ccc7c(c5)oc5ccccc57)sc5ccccc56)c34)cccc12. The topological polar surface area (TPSA) is 101 Å². The van der Waals surface area contributed by atoms with Crippen LogP contribution in [0.2, 0.25) is 0 Å². The fraction of sp³-hybridized carbons (Fsp3) is 0. The van der Waals surface area contributed by atoms with E-state index >= 15 is 0 Å². The number of furan rings is 3. The molecule has 0 unspecified atom stereocenters. The molecule has 0 aliphatic heterocycles. The first-order valence-electron chi connectivity index (χ1n) is 37.2. The molecule has 8 heterocycles. The van der Waals surface area contributed by atoms with Crippen molar-refractivity contribution >= 4 is 228 Å². The molecule has 26 aromatic rings. The zero-order chi connectivity index (χ0) is 71.3. The minimum absolute atomic E-state index is 0.433. The third-order valence-corrected chi connectivity index (χ3v) is 24.7. The molecule has 0 fully saturated rings. The summed E-state index contributed by atoms with van der Waals surface area (Å²) < 4.78 is 26.5. The van der Waals surface area contributed by atoms with Crippen LogP contribution in [-0.4, -0.2) is 29.1 Å². The van der Waals surface area contributed by atoms with Crippen LogP contribution in [0, 0.1) is 0 Å². The molecule has 506 valence electrons. The van der Waals surface area contributed by atoms with Gasteiger partial charge in [-0.1, -0.05) is 224 Å². The quantitative estimate of drug-likeness (QED) is 0.158. The largest absolute Gasteiger partial charge is 0.456 e. The van der Waals surface area contributed by atoms with Crippen molar-refractivity contribution in [2.45, 2.75) is 0 Å². The standard InChI is InChI=1S/C100H52N6O3S/c1-3-20-55-49-81-77(46-53(55)18-1)90-79(44-42-71-63-24-6-5-22-61(63)62-23-9-10-29-70(62)88(71)90)105(81)97-92(58-37-39-68-66-27-11-14-33-83(66)107-85(68)51-58)103-99-94(101-97)75-32-17-31-60(96(75)109-99)57-36-41-73-76(48-57)65-26-8-7-25-64(65)72-43-45-80-91(89(72)73)78-47-54-19-2-4-21-56(54)50-82(78)106(80)98-93(104-100-95(102-98)74-30-13-16-35-87(74)110-100)59-38-40-69-67-28-12-15-34-84(67)108-86(69)52-59/h1-52H. The van der Waals surface area contributed by atoms with Gasteiger partial charge in [-0.3, -0.25) is 9.13 Å². The second-order valence-corrected chi connectivity index (χ2v) is 30.4. The highest BCUT2D eigenvalue weighted by Gasteiger charge is 2.29. The van der Waals surface area contributed by atoms with E-state index in [2.05, 4.69) is 300 Å². The number of fused-ring (bicyclic) bond motifs is 34. The van der Waals surface area contributed by atoms with E-state index in [9.17, 15) is 0 Å². The first-order chi connectivity index (χ1) is 54.5. The molecule has 26 rings (SSSR count). The number of aromatic nitrogens is 6. The summed E-state index contributed by atoms with van der Waals surface area (Å²) in [6, 6.07) is 114. The van der Waals surface area contributed by atoms with E-state index in [4.69, 9.17) is 33.2 Å². The van der Waals surface area contributed by atoms with Crippen LogP contribution in [0.15, 0.2) is 329 Å². The Bertz CT molecular complexity index is 8670. The van der Waals surface area contributed by atoms with Gasteiger partial charge >= 0.3 is 0 Å². The molecular weight excluding hydrogens is 1370 g/mol. The molecule has 0 bridgehead atoms. The summed E-state index contributed by atoms with van der Waals surface area (Å²) in [5.41, 5.74) is 15.1. The smallest absolute Gasteiger partial charge is 0.247 e. The number of hydrogen-bond donors (Lipinski definition) is 0. The maximum absolute atomic E-state index is 7.34. The molecule has 0 radical (unpaired) electrons. The Balaban J connectivity index is 0.724. The van der Waals surface area contributed by atoms with Crippen molar-refractivity contribution in [1.29, 1.82) is 0 Å². The molecule has 0 saturated heterocycles. The van der Waals surface area contributed by atoms with E-state index in [1.807, 2.05) is 24.3 Å². The van der Waals surface area contributed by atoms with E-state index in [1.54, 1.807) is 11.3 Å². The zero-order valence-corrected chi connectivity index (χ0v) is 59.2. The van der Waals surface area contributed by atoms with E-state index in [1.165, 1.54) is 32.3 Å². The van der Waals surface area contributed by atoms with E-state index in [0.29, 0.717) is 28.3 Å². The van der Waals surface area contributed by atoms with Gasteiger partial charge in [0, 0.05) is 86.0 Å². The summed E-state index contributed by atoms with van der Waals surface area (Å²) in [4.78, 5) is 24.1. The summed E-state index contributed by atoms with van der Waals surface area (Å²) in [5, 5.41) is 29.4. The van der Waals surface area contributed by atoms with Crippen molar-refractivity contribution in [3.05, 3.63) is 315 Å². The number of rotatable bonds is 5. The normalized spacial score (nSPS) is 12.5. The van der Waals surface area contributed by atoms with Gasteiger partial charge in [-0.15, -0.1) is 11.3 Å². The molecule has 110 heavy (non-hydrogen) atoms. The van der Waals surface area contributed by atoms with Gasteiger partial charge in [0.1, 0.15) is 55.2 Å². The van der Waals surface area contributed by atoms with Crippen molar-refractivity contribution in [1.82, 2.24) is 29.1 Å². The molecule has 10 heteroatoms. The Labute approximate surface area is 626 Å². The third kappa shape index (κ3) is 7.97. The Morgan fingerprint density at radius 2 is 0.664 bits per heavy atom. The van der Waals surface area contributed by atoms with Crippen LogP contribution < -0.4 is 0 Å². The van der Waals surface area contributed by atoms with Gasteiger partial charge in [-0.05, 0) is 172 Å². The average Bonchev–Trinajstić information content (AvgIpc) is 1.51. The summed E-state index contributed by atoms with van der Waals surface area (Å²) in [6.07, 6.45) is 0. The number of para-hydroxylation sites is 3. The number of thiophene rings is 1. The average molecular weight is 1420 g/mol. The maximum Gasteiger partial charge on any atom is 0.247 e. The molecular formula is C100H52N6O3S. The van der Waals surface area contributed by atoms with Gasteiger partial charge in [0.2, 0.25) is 5.71 Å². The second-order valence-electron chi connectivity index (χ2n) is 29.4. The lowest BCUT2D eigenvalue weighted by Crippen LogP contribution is -2.03. The summed E-state index contributed by atoms with van der Waals surface area (Å²) in [7, 11) is 0. The van der Waals surface area contributed by atoms with Crippen molar-refractivity contribution in [3.8, 4) is 45.3 Å². The predicted octanol–water partition coefficient (Wildman–Crippen LogP) is 27.8. The Morgan fingerprint density at radius 1 is 0.245 bits per heavy atom. The fourth-order valence-electron chi connectivity index (χ4n) is 18.8. The highest BCUT2D eigenvalue weighted by molar-refractivity contribution is 7.25. The lowest BCUT2D eigenvalue weighted by atomic mass is 9.89. The van der Waals surface area contributed by atoms with Gasteiger partial charge in [0.05, 0.1) is 22.1 Å². The maximum atomic E-state index is 7.34. The van der Waals surface area contributed by atoms with E-state index in [-0.39, 0.29) is 0 Å². The molecule has 0 aliphatic carbocycles. The van der Waals surface area contributed by atoms with Crippen LogP contribution in [0.3, 0.4) is 0 Å². The van der Waals surface area contributed by atoms with Gasteiger partial charge in [-0.25, -0.2) is 19.9 Å². The summed E-state index contributed by atoms with van der Waals surface area (Å²) in [5.74, 6) is 1.42. The minimum Gasteiger partial charge on any atom is -0.456 e. The first-order valence-corrected chi connectivity index (χ1v) is 38.0. The first kappa shape index (κ1) is 58.7.